The van der Waals surface area contributed by atoms with E-state index in [1.165, 1.54) is 6.92 Å². The van der Waals surface area contributed by atoms with Crippen LogP contribution < -0.4 is 9.47 Å². The number of ether oxygens (including phenoxy) is 2. The predicted octanol–water partition coefficient (Wildman–Crippen LogP) is 4.25. The molecule has 2 aromatic carbocycles. The van der Waals surface area contributed by atoms with Gasteiger partial charge in [-0.1, -0.05) is 12.1 Å². The normalized spacial score (nSPS) is 14.5. The lowest BCUT2D eigenvalue weighted by molar-refractivity contribution is -0.134. The molecule has 1 saturated heterocycles. The number of para-hydroxylation sites is 2. The van der Waals surface area contributed by atoms with Crippen molar-refractivity contribution in [2.24, 2.45) is 0 Å². The zero-order valence-corrected chi connectivity index (χ0v) is 18.8. The van der Waals surface area contributed by atoms with Crippen LogP contribution in [0.5, 0.6) is 11.5 Å². The minimum absolute atomic E-state index is 0.0534. The summed E-state index contributed by atoms with van der Waals surface area (Å²) in [5.74, 6) is 2.34. The molecule has 1 aromatic heterocycles. The number of ketones is 1. The molecular weight excluding hydrogens is 406 g/mol. The van der Waals surface area contributed by atoms with Gasteiger partial charge in [-0.2, -0.15) is 0 Å². The second-order valence-electron chi connectivity index (χ2n) is 8.18. The molecule has 0 bridgehead atoms. The number of methoxy groups -OCH3 is 2. The summed E-state index contributed by atoms with van der Waals surface area (Å²) >= 11 is 0. The molecule has 32 heavy (non-hydrogen) atoms. The second-order valence-corrected chi connectivity index (χ2v) is 8.18. The van der Waals surface area contributed by atoms with Crippen molar-refractivity contribution in [2.75, 3.05) is 27.3 Å². The molecule has 7 nitrogen and oxygen atoms in total. The summed E-state index contributed by atoms with van der Waals surface area (Å²) in [4.78, 5) is 30.5. The topological polar surface area (TPSA) is 73.7 Å². The lowest BCUT2D eigenvalue weighted by atomic mass is 10.0. The van der Waals surface area contributed by atoms with E-state index >= 15 is 0 Å². The maximum Gasteiger partial charge on any atom is 0.223 e. The fraction of sp³-hybridized carbons (Fsp3) is 0.400. The molecule has 0 atom stereocenters. The standard InChI is InChI=1S/C25H29N3O4/c1-17(29)8-11-24(30)27-14-12-19(13-15-27)28-21-7-5-4-6-20(21)26-25(28)18-9-10-22(31-2)23(16-18)32-3/h4-7,9-10,16,19H,8,11-15H2,1-3H3. The number of benzene rings is 2. The van der Waals surface area contributed by atoms with Gasteiger partial charge >= 0.3 is 0 Å². The van der Waals surface area contributed by atoms with Crippen molar-refractivity contribution < 1.29 is 19.1 Å². The minimum atomic E-state index is 0.0534. The first-order valence-corrected chi connectivity index (χ1v) is 11.0. The third-order valence-corrected chi connectivity index (χ3v) is 6.11. The largest absolute Gasteiger partial charge is 0.493 e. The van der Waals surface area contributed by atoms with E-state index in [1.54, 1.807) is 14.2 Å². The first-order valence-electron chi connectivity index (χ1n) is 11.0. The van der Waals surface area contributed by atoms with Crippen LogP contribution in [0.3, 0.4) is 0 Å². The van der Waals surface area contributed by atoms with Gasteiger partial charge in [0.1, 0.15) is 11.6 Å². The average molecular weight is 436 g/mol. The lowest BCUT2D eigenvalue weighted by Gasteiger charge is -2.33. The van der Waals surface area contributed by atoms with Gasteiger partial charge in [-0.05, 0) is 50.1 Å². The van der Waals surface area contributed by atoms with E-state index in [4.69, 9.17) is 14.5 Å². The molecule has 2 heterocycles. The number of imidazole rings is 1. The number of Topliss-reactive ketones (excluding diaryl/α,β-unsaturated/α-hetero) is 1. The smallest absolute Gasteiger partial charge is 0.223 e. The van der Waals surface area contributed by atoms with Crippen LogP contribution in [0.25, 0.3) is 22.4 Å². The van der Waals surface area contributed by atoms with Crippen LogP contribution in [0, 0.1) is 0 Å². The summed E-state index contributed by atoms with van der Waals surface area (Å²) < 4.78 is 13.2. The molecule has 1 fully saturated rings. The van der Waals surface area contributed by atoms with Gasteiger partial charge in [-0.25, -0.2) is 4.98 Å². The first kappa shape index (κ1) is 21.9. The maximum atomic E-state index is 12.5. The zero-order valence-electron chi connectivity index (χ0n) is 18.8. The molecular formula is C25H29N3O4. The third kappa shape index (κ3) is 4.33. The summed E-state index contributed by atoms with van der Waals surface area (Å²) in [6.45, 7) is 2.89. The Kier molecular flexibility index (Phi) is 6.44. The third-order valence-electron chi connectivity index (χ3n) is 6.11. The number of hydrogen-bond donors (Lipinski definition) is 0. The number of hydrogen-bond acceptors (Lipinski definition) is 5. The van der Waals surface area contributed by atoms with Gasteiger partial charge in [0.25, 0.3) is 0 Å². The lowest BCUT2D eigenvalue weighted by Crippen LogP contribution is -2.39. The van der Waals surface area contributed by atoms with Crippen molar-refractivity contribution in [2.45, 2.75) is 38.6 Å². The molecule has 1 amide bonds. The predicted molar refractivity (Wildman–Crippen MR) is 123 cm³/mol. The number of rotatable bonds is 7. The fourth-order valence-corrected chi connectivity index (χ4v) is 4.41. The van der Waals surface area contributed by atoms with Crippen LogP contribution in [-0.2, 0) is 9.59 Å². The molecule has 0 unspecified atom stereocenters. The van der Waals surface area contributed by atoms with Gasteiger partial charge in [-0.3, -0.25) is 4.79 Å². The Hall–Kier alpha value is -3.35. The Balaban J connectivity index is 1.64. The van der Waals surface area contributed by atoms with Gasteiger partial charge in [0.2, 0.25) is 5.91 Å². The highest BCUT2D eigenvalue weighted by molar-refractivity contribution is 5.84. The molecule has 168 valence electrons. The van der Waals surface area contributed by atoms with E-state index in [1.807, 2.05) is 41.3 Å². The van der Waals surface area contributed by atoms with Crippen molar-refractivity contribution in [1.29, 1.82) is 0 Å². The van der Waals surface area contributed by atoms with Crippen molar-refractivity contribution in [1.82, 2.24) is 14.5 Å². The number of piperidine rings is 1. The SMILES string of the molecule is COc1ccc(-c2nc3ccccc3n2C2CCN(C(=O)CCC(C)=O)CC2)cc1OC. The Morgan fingerprint density at radius 3 is 2.41 bits per heavy atom. The van der Waals surface area contributed by atoms with Crippen molar-refractivity contribution in [3.8, 4) is 22.9 Å². The van der Waals surface area contributed by atoms with Crippen LogP contribution in [0.2, 0.25) is 0 Å². The number of carbonyl (C=O) groups excluding carboxylic acids is 2. The monoisotopic (exact) mass is 435 g/mol. The number of carbonyl (C=O) groups is 2. The number of likely N-dealkylation sites (tertiary alicyclic amines) is 1. The average Bonchev–Trinajstić information content (AvgIpc) is 3.21. The molecule has 1 aliphatic rings. The molecule has 1 aliphatic heterocycles. The van der Waals surface area contributed by atoms with Gasteiger partial charge < -0.3 is 23.7 Å². The molecule has 7 heteroatoms. The summed E-state index contributed by atoms with van der Waals surface area (Å²) in [6, 6.07) is 14.2. The number of aromatic nitrogens is 2. The molecule has 3 aromatic rings. The van der Waals surface area contributed by atoms with Gasteiger partial charge in [0, 0.05) is 37.5 Å². The number of fused-ring (bicyclic) bond motifs is 1. The summed E-state index contributed by atoms with van der Waals surface area (Å²) in [5.41, 5.74) is 2.98. The maximum absolute atomic E-state index is 12.5. The number of amides is 1. The Morgan fingerprint density at radius 1 is 1.00 bits per heavy atom. The van der Waals surface area contributed by atoms with Crippen LogP contribution in [0.15, 0.2) is 42.5 Å². The highest BCUT2D eigenvalue weighted by atomic mass is 16.5. The Bertz CT molecular complexity index is 1130. The van der Waals surface area contributed by atoms with Crippen molar-refractivity contribution in [3.05, 3.63) is 42.5 Å². The second kappa shape index (κ2) is 9.42. The van der Waals surface area contributed by atoms with Crippen LogP contribution in [0.4, 0.5) is 0 Å². The quantitative estimate of drug-likeness (QED) is 0.555. The van der Waals surface area contributed by atoms with E-state index in [0.717, 1.165) is 35.3 Å². The highest BCUT2D eigenvalue weighted by Gasteiger charge is 2.27. The molecule has 4 rings (SSSR count). The Morgan fingerprint density at radius 2 is 1.72 bits per heavy atom. The van der Waals surface area contributed by atoms with E-state index in [-0.39, 0.29) is 17.7 Å². The minimum Gasteiger partial charge on any atom is -0.493 e. The van der Waals surface area contributed by atoms with Crippen molar-refractivity contribution >= 4 is 22.7 Å². The molecule has 0 radical (unpaired) electrons. The molecule has 0 spiro atoms. The van der Waals surface area contributed by atoms with E-state index in [2.05, 4.69) is 10.6 Å². The van der Waals surface area contributed by atoms with E-state index in [0.29, 0.717) is 37.4 Å². The van der Waals surface area contributed by atoms with Gasteiger partial charge in [-0.15, -0.1) is 0 Å². The van der Waals surface area contributed by atoms with Crippen LogP contribution in [-0.4, -0.2) is 53.5 Å². The first-order chi connectivity index (χ1) is 15.5. The van der Waals surface area contributed by atoms with E-state index in [9.17, 15) is 9.59 Å². The van der Waals surface area contributed by atoms with Crippen LogP contribution in [0.1, 0.15) is 38.6 Å². The van der Waals surface area contributed by atoms with Gasteiger partial charge in [0.15, 0.2) is 11.5 Å². The summed E-state index contributed by atoms with van der Waals surface area (Å²) in [6.07, 6.45) is 2.29. The molecule has 0 N–H and O–H groups in total. The highest BCUT2D eigenvalue weighted by Crippen LogP contribution is 2.37. The van der Waals surface area contributed by atoms with Crippen LogP contribution >= 0.6 is 0 Å². The number of nitrogens with zero attached hydrogens (tertiary/aromatic N) is 3. The summed E-state index contributed by atoms with van der Waals surface area (Å²) in [5, 5.41) is 0. The van der Waals surface area contributed by atoms with E-state index < -0.39 is 0 Å². The molecule has 0 saturated carbocycles. The molecule has 0 aliphatic carbocycles. The Labute approximate surface area is 187 Å². The van der Waals surface area contributed by atoms with Gasteiger partial charge in [0.05, 0.1) is 25.3 Å². The summed E-state index contributed by atoms with van der Waals surface area (Å²) in [7, 11) is 3.25. The fourth-order valence-electron chi connectivity index (χ4n) is 4.41. The van der Waals surface area contributed by atoms with Crippen molar-refractivity contribution in [3.63, 3.8) is 0 Å². The zero-order chi connectivity index (χ0) is 22.7.